The molecule has 0 heterocycles. The minimum Gasteiger partial charge on any atom is -0.497 e. The van der Waals surface area contributed by atoms with Gasteiger partial charge in [-0.1, -0.05) is 85.1 Å². The summed E-state index contributed by atoms with van der Waals surface area (Å²) in [5, 5.41) is 3.78. The number of methoxy groups -OCH3 is 1. The van der Waals surface area contributed by atoms with Crippen LogP contribution in [0.15, 0.2) is 78.9 Å². The van der Waals surface area contributed by atoms with Crippen molar-refractivity contribution in [3.05, 3.63) is 101 Å². The third-order valence-electron chi connectivity index (χ3n) is 6.76. The molecule has 4 rings (SSSR count). The highest BCUT2D eigenvalue weighted by Gasteiger charge is 2.32. The molecule has 0 aliphatic heterocycles. The lowest BCUT2D eigenvalue weighted by molar-refractivity contribution is -0.141. The number of nitrogens with zero attached hydrogens (tertiary/aromatic N) is 1. The van der Waals surface area contributed by atoms with E-state index in [0.29, 0.717) is 17.2 Å². The fourth-order valence-corrected chi connectivity index (χ4v) is 5.00. The van der Waals surface area contributed by atoms with Gasteiger partial charge in [0.1, 0.15) is 11.8 Å². The van der Waals surface area contributed by atoms with Crippen LogP contribution in [0.3, 0.4) is 0 Å². The third kappa shape index (κ3) is 6.88. The van der Waals surface area contributed by atoms with Crippen LogP contribution >= 0.6 is 11.6 Å². The maximum absolute atomic E-state index is 13.9. The highest BCUT2D eigenvalue weighted by atomic mass is 35.5. The van der Waals surface area contributed by atoms with Crippen molar-refractivity contribution in [3.63, 3.8) is 0 Å². The normalized spacial score (nSPS) is 14.3. The number of ether oxygens (including phenoxy) is 1. The van der Waals surface area contributed by atoms with Crippen molar-refractivity contribution in [1.29, 1.82) is 0 Å². The fraction of sp³-hybridized carbons (Fsp3) is 0.333. The molecule has 1 atom stereocenters. The van der Waals surface area contributed by atoms with E-state index in [0.717, 1.165) is 42.4 Å². The molecule has 188 valence electrons. The Morgan fingerprint density at radius 3 is 2.39 bits per heavy atom. The van der Waals surface area contributed by atoms with Crippen LogP contribution in [0.25, 0.3) is 0 Å². The van der Waals surface area contributed by atoms with Gasteiger partial charge in [0.15, 0.2) is 0 Å². The summed E-state index contributed by atoms with van der Waals surface area (Å²) in [5.74, 6) is 0.454. The molecule has 1 aliphatic carbocycles. The van der Waals surface area contributed by atoms with E-state index in [1.165, 1.54) is 0 Å². The Bertz CT molecular complexity index is 1160. The van der Waals surface area contributed by atoms with Crippen molar-refractivity contribution >= 4 is 23.4 Å². The highest BCUT2D eigenvalue weighted by Crippen LogP contribution is 2.23. The van der Waals surface area contributed by atoms with Crippen molar-refractivity contribution in [2.75, 3.05) is 7.11 Å². The van der Waals surface area contributed by atoms with Gasteiger partial charge in [-0.15, -0.1) is 0 Å². The van der Waals surface area contributed by atoms with Crippen LogP contribution < -0.4 is 10.1 Å². The summed E-state index contributed by atoms with van der Waals surface area (Å²) in [6, 6.07) is 24.3. The molecular formula is C30H33ClN2O3. The van der Waals surface area contributed by atoms with Crippen LogP contribution in [-0.2, 0) is 29.0 Å². The van der Waals surface area contributed by atoms with Gasteiger partial charge < -0.3 is 15.0 Å². The molecule has 1 N–H and O–H groups in total. The van der Waals surface area contributed by atoms with Gasteiger partial charge in [-0.3, -0.25) is 9.59 Å². The van der Waals surface area contributed by atoms with Gasteiger partial charge in [-0.25, -0.2) is 0 Å². The van der Waals surface area contributed by atoms with E-state index in [9.17, 15) is 9.59 Å². The zero-order valence-corrected chi connectivity index (χ0v) is 21.4. The van der Waals surface area contributed by atoms with Crippen molar-refractivity contribution in [2.45, 2.75) is 57.2 Å². The summed E-state index contributed by atoms with van der Waals surface area (Å²) in [4.78, 5) is 29.3. The van der Waals surface area contributed by atoms with Crippen LogP contribution in [-0.4, -0.2) is 35.9 Å². The standard InChI is InChI=1S/C30H33ClN2O3/c1-36-26-16-9-12-23(18-26)21-33(29(34)20-24-13-5-8-17-27(24)31)28(19-22-10-3-2-4-11-22)30(35)32-25-14-6-7-15-25/h2-5,8-13,16-18,25,28H,6-7,14-15,19-21H2,1H3,(H,32,35)/t28-/m0/s1. The molecule has 0 radical (unpaired) electrons. The lowest BCUT2D eigenvalue weighted by atomic mass is 10.0. The molecule has 3 aromatic carbocycles. The lowest BCUT2D eigenvalue weighted by Gasteiger charge is -2.32. The largest absolute Gasteiger partial charge is 0.497 e. The average molecular weight is 505 g/mol. The number of nitrogens with one attached hydrogen (secondary N) is 1. The first kappa shape index (κ1) is 25.8. The second kappa shape index (κ2) is 12.6. The van der Waals surface area contributed by atoms with E-state index in [2.05, 4.69) is 5.32 Å². The number of hydrogen-bond acceptors (Lipinski definition) is 3. The summed E-state index contributed by atoms with van der Waals surface area (Å²) in [6.07, 6.45) is 4.74. The second-order valence-electron chi connectivity index (χ2n) is 9.34. The van der Waals surface area contributed by atoms with Crippen LogP contribution in [0.2, 0.25) is 5.02 Å². The maximum atomic E-state index is 13.9. The number of rotatable bonds is 10. The van der Waals surface area contributed by atoms with Gasteiger partial charge in [0.05, 0.1) is 13.5 Å². The average Bonchev–Trinajstić information content (AvgIpc) is 3.41. The smallest absolute Gasteiger partial charge is 0.243 e. The summed E-state index contributed by atoms with van der Waals surface area (Å²) in [7, 11) is 1.62. The van der Waals surface area contributed by atoms with Crippen molar-refractivity contribution in [2.24, 2.45) is 0 Å². The molecule has 0 aromatic heterocycles. The van der Waals surface area contributed by atoms with E-state index in [1.54, 1.807) is 18.1 Å². The molecule has 2 amide bonds. The number of carbonyl (C=O) groups is 2. The Morgan fingerprint density at radius 2 is 1.67 bits per heavy atom. The molecule has 6 heteroatoms. The number of carbonyl (C=O) groups excluding carboxylic acids is 2. The summed E-state index contributed by atoms with van der Waals surface area (Å²) in [5.41, 5.74) is 2.65. The SMILES string of the molecule is COc1cccc(CN(C(=O)Cc2ccccc2Cl)[C@@H](Cc2ccccc2)C(=O)NC2CCCC2)c1. The first-order chi connectivity index (χ1) is 17.5. The Hall–Kier alpha value is -3.31. The molecule has 3 aromatic rings. The van der Waals surface area contributed by atoms with Crippen molar-refractivity contribution < 1.29 is 14.3 Å². The van der Waals surface area contributed by atoms with Crippen LogP contribution in [0.5, 0.6) is 5.75 Å². The number of hydrogen-bond donors (Lipinski definition) is 1. The molecule has 1 fully saturated rings. The Morgan fingerprint density at radius 1 is 0.972 bits per heavy atom. The summed E-state index contributed by atoms with van der Waals surface area (Å²) in [6.45, 7) is 0.288. The Balaban J connectivity index is 1.67. The minimum atomic E-state index is -0.658. The maximum Gasteiger partial charge on any atom is 0.243 e. The molecule has 0 bridgehead atoms. The summed E-state index contributed by atoms with van der Waals surface area (Å²) < 4.78 is 5.40. The van der Waals surface area contributed by atoms with Gasteiger partial charge in [0.2, 0.25) is 11.8 Å². The number of amides is 2. The van der Waals surface area contributed by atoms with Crippen LogP contribution in [0.4, 0.5) is 0 Å². The lowest BCUT2D eigenvalue weighted by Crippen LogP contribution is -2.52. The third-order valence-corrected chi connectivity index (χ3v) is 7.13. The Labute approximate surface area is 218 Å². The molecule has 36 heavy (non-hydrogen) atoms. The monoisotopic (exact) mass is 504 g/mol. The zero-order valence-electron chi connectivity index (χ0n) is 20.7. The van der Waals surface area contributed by atoms with Gasteiger partial charge in [0.25, 0.3) is 0 Å². The van der Waals surface area contributed by atoms with Crippen molar-refractivity contribution in [3.8, 4) is 5.75 Å². The van der Waals surface area contributed by atoms with Crippen molar-refractivity contribution in [1.82, 2.24) is 10.2 Å². The van der Waals surface area contributed by atoms with Crippen LogP contribution in [0, 0.1) is 0 Å². The highest BCUT2D eigenvalue weighted by molar-refractivity contribution is 6.31. The topological polar surface area (TPSA) is 58.6 Å². The van der Waals surface area contributed by atoms with E-state index in [4.69, 9.17) is 16.3 Å². The number of benzene rings is 3. The van der Waals surface area contributed by atoms with E-state index in [1.807, 2.05) is 72.8 Å². The predicted molar refractivity (Wildman–Crippen MR) is 143 cm³/mol. The molecule has 1 saturated carbocycles. The Kier molecular flexibility index (Phi) is 9.01. The predicted octanol–water partition coefficient (Wildman–Crippen LogP) is 5.59. The fourth-order valence-electron chi connectivity index (χ4n) is 4.80. The van der Waals surface area contributed by atoms with E-state index < -0.39 is 6.04 Å². The molecule has 1 aliphatic rings. The van der Waals surface area contributed by atoms with Gasteiger partial charge in [-0.05, 0) is 47.7 Å². The second-order valence-corrected chi connectivity index (χ2v) is 9.74. The van der Waals surface area contributed by atoms with Gasteiger partial charge in [0, 0.05) is 24.0 Å². The quantitative estimate of drug-likeness (QED) is 0.391. The summed E-state index contributed by atoms with van der Waals surface area (Å²) >= 11 is 6.39. The zero-order chi connectivity index (χ0) is 25.3. The van der Waals surface area contributed by atoms with Gasteiger partial charge in [-0.2, -0.15) is 0 Å². The first-order valence-corrected chi connectivity index (χ1v) is 12.9. The van der Waals surface area contributed by atoms with E-state index >= 15 is 0 Å². The molecule has 0 unspecified atom stereocenters. The minimum absolute atomic E-state index is 0.110. The number of halogens is 1. The molecule has 5 nitrogen and oxygen atoms in total. The molecule has 0 spiro atoms. The molecule has 0 saturated heterocycles. The molecular weight excluding hydrogens is 472 g/mol. The van der Waals surface area contributed by atoms with Gasteiger partial charge >= 0.3 is 0 Å². The van der Waals surface area contributed by atoms with E-state index in [-0.39, 0.29) is 30.8 Å². The van der Waals surface area contributed by atoms with Crippen LogP contribution in [0.1, 0.15) is 42.4 Å². The first-order valence-electron chi connectivity index (χ1n) is 12.5.